The van der Waals surface area contributed by atoms with Gasteiger partial charge >= 0.3 is 5.97 Å². The zero-order valence-corrected chi connectivity index (χ0v) is 14.6. The van der Waals surface area contributed by atoms with Crippen molar-refractivity contribution in [2.75, 3.05) is 0 Å². The Morgan fingerprint density at radius 2 is 2.00 bits per heavy atom. The summed E-state index contributed by atoms with van der Waals surface area (Å²) in [5.41, 5.74) is 2.05. The number of nitrogens with one attached hydrogen (secondary N) is 1. The fraction of sp³-hybridized carbons (Fsp3) is 0.263. The van der Waals surface area contributed by atoms with Gasteiger partial charge in [-0.3, -0.25) is 4.98 Å². The van der Waals surface area contributed by atoms with Crippen molar-refractivity contribution in [1.29, 1.82) is 0 Å². The van der Waals surface area contributed by atoms with Crippen molar-refractivity contribution in [3.05, 3.63) is 65.8 Å². The molecule has 2 N–H and O–H groups in total. The smallest absolute Gasteiger partial charge is 0.335 e. The van der Waals surface area contributed by atoms with Crippen molar-refractivity contribution in [2.45, 2.75) is 26.4 Å². The van der Waals surface area contributed by atoms with Gasteiger partial charge in [-0.15, -0.1) is 0 Å². The third-order valence-electron chi connectivity index (χ3n) is 4.02. The van der Waals surface area contributed by atoms with Gasteiger partial charge < -0.3 is 14.9 Å². The summed E-state index contributed by atoms with van der Waals surface area (Å²) in [5, 5.41) is 16.4. The number of aromatic nitrogens is 3. The molecule has 26 heavy (non-hydrogen) atoms. The first-order chi connectivity index (χ1) is 12.5. The van der Waals surface area contributed by atoms with Crippen molar-refractivity contribution in [1.82, 2.24) is 20.4 Å². The third kappa shape index (κ3) is 4.12. The van der Waals surface area contributed by atoms with Gasteiger partial charge in [0.2, 0.25) is 11.7 Å². The fourth-order valence-corrected chi connectivity index (χ4v) is 2.57. The van der Waals surface area contributed by atoms with E-state index in [1.165, 1.54) is 0 Å². The average Bonchev–Trinajstić information content (AvgIpc) is 3.12. The zero-order valence-electron chi connectivity index (χ0n) is 14.6. The summed E-state index contributed by atoms with van der Waals surface area (Å²) in [7, 11) is 0. The van der Waals surface area contributed by atoms with Crippen molar-refractivity contribution < 1.29 is 14.4 Å². The lowest BCUT2D eigenvalue weighted by Gasteiger charge is -2.18. The maximum Gasteiger partial charge on any atom is 0.335 e. The molecule has 0 radical (unpaired) electrons. The van der Waals surface area contributed by atoms with Crippen LogP contribution >= 0.6 is 0 Å². The van der Waals surface area contributed by atoms with E-state index < -0.39 is 5.97 Å². The van der Waals surface area contributed by atoms with E-state index in [4.69, 9.17) is 9.63 Å². The molecule has 0 aliphatic heterocycles. The number of carboxylic acids is 1. The van der Waals surface area contributed by atoms with E-state index in [0.29, 0.717) is 18.3 Å². The highest BCUT2D eigenvalue weighted by molar-refractivity contribution is 5.87. The minimum absolute atomic E-state index is 0.118. The molecule has 0 aliphatic carbocycles. The van der Waals surface area contributed by atoms with Crippen LogP contribution in [0.15, 0.2) is 53.3 Å². The number of nitrogens with zero attached hydrogens (tertiary/aromatic N) is 3. The summed E-state index contributed by atoms with van der Waals surface area (Å²) in [6, 6.07) is 10.4. The fourth-order valence-electron chi connectivity index (χ4n) is 2.57. The Balaban J connectivity index is 1.71. The largest absolute Gasteiger partial charge is 0.478 e. The van der Waals surface area contributed by atoms with Gasteiger partial charge in [0.1, 0.15) is 0 Å². The van der Waals surface area contributed by atoms with Gasteiger partial charge in [0.25, 0.3) is 0 Å². The van der Waals surface area contributed by atoms with Crippen LogP contribution in [0.4, 0.5) is 0 Å². The van der Waals surface area contributed by atoms with Crippen LogP contribution < -0.4 is 5.32 Å². The number of aromatic carboxylic acids is 1. The van der Waals surface area contributed by atoms with Crippen LogP contribution in [0.1, 0.15) is 41.7 Å². The van der Waals surface area contributed by atoms with Gasteiger partial charge in [-0.1, -0.05) is 31.1 Å². The number of pyridine rings is 1. The molecule has 0 saturated carbocycles. The van der Waals surface area contributed by atoms with Crippen LogP contribution in [-0.2, 0) is 6.54 Å². The van der Waals surface area contributed by atoms with Gasteiger partial charge in [-0.05, 0) is 35.7 Å². The predicted octanol–water partition coefficient (Wildman–Crippen LogP) is 3.32. The van der Waals surface area contributed by atoms with E-state index >= 15 is 0 Å². The Labute approximate surface area is 151 Å². The molecule has 0 spiro atoms. The molecule has 0 bridgehead atoms. The SMILES string of the molecule is CC(C)C(NCc1ccc(C(=O)O)cc1)c1nc(-c2cccnc2)no1. The van der Waals surface area contributed by atoms with E-state index in [0.717, 1.165) is 11.1 Å². The number of carbonyl (C=O) groups is 1. The minimum atomic E-state index is -0.932. The summed E-state index contributed by atoms with van der Waals surface area (Å²) in [5.74, 6) is 0.321. The van der Waals surface area contributed by atoms with E-state index in [-0.39, 0.29) is 17.5 Å². The minimum Gasteiger partial charge on any atom is -0.478 e. The van der Waals surface area contributed by atoms with E-state index in [2.05, 4.69) is 34.3 Å². The number of hydrogen-bond acceptors (Lipinski definition) is 6. The first-order valence-corrected chi connectivity index (χ1v) is 8.34. The highest BCUT2D eigenvalue weighted by Crippen LogP contribution is 2.23. The maximum atomic E-state index is 10.9. The number of carboxylic acid groups (broad SMARTS) is 1. The summed E-state index contributed by atoms with van der Waals surface area (Å²) < 4.78 is 5.45. The van der Waals surface area contributed by atoms with E-state index in [9.17, 15) is 4.79 Å². The normalized spacial score (nSPS) is 12.3. The van der Waals surface area contributed by atoms with Gasteiger partial charge in [-0.25, -0.2) is 4.79 Å². The summed E-state index contributed by atoms with van der Waals surface area (Å²) in [6.45, 7) is 4.70. The Hall–Kier alpha value is -3.06. The summed E-state index contributed by atoms with van der Waals surface area (Å²) >= 11 is 0. The third-order valence-corrected chi connectivity index (χ3v) is 4.02. The molecule has 1 atom stereocenters. The van der Waals surface area contributed by atoms with Crippen LogP contribution in [0.3, 0.4) is 0 Å². The van der Waals surface area contributed by atoms with Crippen LogP contribution in [-0.4, -0.2) is 26.2 Å². The van der Waals surface area contributed by atoms with Crippen molar-refractivity contribution >= 4 is 5.97 Å². The zero-order chi connectivity index (χ0) is 18.5. The quantitative estimate of drug-likeness (QED) is 0.672. The predicted molar refractivity (Wildman–Crippen MR) is 95.3 cm³/mol. The standard InChI is InChI=1S/C19H20N4O3/c1-12(2)16(21-10-13-5-7-14(8-6-13)19(24)25)18-22-17(23-26-18)15-4-3-9-20-11-15/h3-9,11-12,16,21H,10H2,1-2H3,(H,24,25). The topological polar surface area (TPSA) is 101 Å². The molecule has 134 valence electrons. The second-order valence-electron chi connectivity index (χ2n) is 6.30. The van der Waals surface area contributed by atoms with Gasteiger partial charge in [-0.2, -0.15) is 4.98 Å². The van der Waals surface area contributed by atoms with Gasteiger partial charge in [0, 0.05) is 24.5 Å². The first-order valence-electron chi connectivity index (χ1n) is 8.34. The highest BCUT2D eigenvalue weighted by atomic mass is 16.5. The highest BCUT2D eigenvalue weighted by Gasteiger charge is 2.22. The number of benzene rings is 1. The van der Waals surface area contributed by atoms with Crippen LogP contribution in [0.5, 0.6) is 0 Å². The Bertz CT molecular complexity index is 860. The molecule has 1 unspecified atom stereocenters. The van der Waals surface area contributed by atoms with Gasteiger partial charge in [0.05, 0.1) is 11.6 Å². The lowest BCUT2D eigenvalue weighted by molar-refractivity contribution is 0.0697. The summed E-state index contributed by atoms with van der Waals surface area (Å²) in [4.78, 5) is 19.5. The van der Waals surface area contributed by atoms with E-state index in [1.54, 1.807) is 36.7 Å². The van der Waals surface area contributed by atoms with Crippen LogP contribution in [0, 0.1) is 5.92 Å². The molecule has 0 aliphatic rings. The molecule has 0 saturated heterocycles. The molecule has 7 heteroatoms. The monoisotopic (exact) mass is 352 g/mol. The molecule has 0 fully saturated rings. The second kappa shape index (κ2) is 7.88. The lowest BCUT2D eigenvalue weighted by atomic mass is 10.0. The molecule has 1 aromatic carbocycles. The molecular formula is C19H20N4O3. The molecular weight excluding hydrogens is 332 g/mol. The Morgan fingerprint density at radius 1 is 1.23 bits per heavy atom. The van der Waals surface area contributed by atoms with E-state index in [1.807, 2.05) is 12.1 Å². The molecule has 7 nitrogen and oxygen atoms in total. The van der Waals surface area contributed by atoms with Crippen molar-refractivity contribution in [2.24, 2.45) is 5.92 Å². The number of rotatable bonds is 7. The molecule has 2 aromatic heterocycles. The molecule has 0 amide bonds. The first kappa shape index (κ1) is 17.8. The number of hydrogen-bond donors (Lipinski definition) is 2. The average molecular weight is 352 g/mol. The molecule has 3 aromatic rings. The van der Waals surface area contributed by atoms with Gasteiger partial charge in [0.15, 0.2) is 0 Å². The Kier molecular flexibility index (Phi) is 5.38. The lowest BCUT2D eigenvalue weighted by Crippen LogP contribution is -2.25. The Morgan fingerprint density at radius 3 is 2.62 bits per heavy atom. The van der Waals surface area contributed by atoms with Crippen LogP contribution in [0.25, 0.3) is 11.4 Å². The molecule has 2 heterocycles. The van der Waals surface area contributed by atoms with Crippen molar-refractivity contribution in [3.63, 3.8) is 0 Å². The molecule has 3 rings (SSSR count). The summed E-state index contributed by atoms with van der Waals surface area (Å²) in [6.07, 6.45) is 3.38. The maximum absolute atomic E-state index is 10.9. The van der Waals surface area contributed by atoms with Crippen LogP contribution in [0.2, 0.25) is 0 Å². The van der Waals surface area contributed by atoms with Crippen molar-refractivity contribution in [3.8, 4) is 11.4 Å². The second-order valence-corrected chi connectivity index (χ2v) is 6.30.